The highest BCUT2D eigenvalue weighted by Gasteiger charge is 2.30. The van der Waals surface area contributed by atoms with Crippen molar-refractivity contribution in [1.82, 2.24) is 9.97 Å². The highest BCUT2D eigenvalue weighted by Crippen LogP contribution is 2.35. The molecule has 0 aliphatic rings. The molecule has 1 aromatic heterocycles. The van der Waals surface area contributed by atoms with E-state index >= 15 is 0 Å². The van der Waals surface area contributed by atoms with Crippen LogP contribution < -0.4 is 10.7 Å². The number of alkyl halides is 4. The van der Waals surface area contributed by atoms with Crippen molar-refractivity contribution >= 4 is 43.6 Å². The third-order valence-corrected chi connectivity index (χ3v) is 7.69. The lowest BCUT2D eigenvalue weighted by Gasteiger charge is -2.09. The van der Waals surface area contributed by atoms with Crippen molar-refractivity contribution in [2.45, 2.75) is 12.9 Å². The molecular formula is C34H16F4N6. The molecule has 7 aromatic rings. The number of nitrogens with zero attached hydrogens (tertiary/aromatic N) is 6. The molecule has 0 aliphatic carbocycles. The Morgan fingerprint density at radius 2 is 1.09 bits per heavy atom. The van der Waals surface area contributed by atoms with Crippen molar-refractivity contribution in [3.05, 3.63) is 107 Å². The molecule has 0 bridgehead atoms. The van der Waals surface area contributed by atoms with Crippen LogP contribution in [0.15, 0.2) is 94.9 Å². The number of benzene rings is 4. The molecule has 0 fully saturated rings. The van der Waals surface area contributed by atoms with E-state index in [2.05, 4.69) is 9.98 Å². The maximum atomic E-state index is 13.4. The minimum Gasteiger partial charge on any atom is -0.246 e. The van der Waals surface area contributed by atoms with E-state index in [4.69, 9.17) is 9.97 Å². The van der Waals surface area contributed by atoms with Gasteiger partial charge < -0.3 is 0 Å². The van der Waals surface area contributed by atoms with Crippen LogP contribution in [0.25, 0.3) is 65.9 Å². The molecule has 0 spiro atoms. The number of hydrogen-bond acceptors (Lipinski definition) is 6. The van der Waals surface area contributed by atoms with Gasteiger partial charge in [0.1, 0.15) is 28.4 Å². The van der Waals surface area contributed by atoms with Gasteiger partial charge in [-0.1, -0.05) is 60.7 Å². The quantitative estimate of drug-likeness (QED) is 0.158. The molecule has 0 saturated heterocycles. The number of hydrogen-bond donors (Lipinski definition) is 0. The summed E-state index contributed by atoms with van der Waals surface area (Å²) >= 11 is 0. The Labute approximate surface area is 245 Å². The Morgan fingerprint density at radius 3 is 1.59 bits per heavy atom. The Bertz CT molecular complexity index is 2490. The van der Waals surface area contributed by atoms with Crippen LogP contribution in [0.3, 0.4) is 0 Å². The number of fused-ring (bicyclic) bond motifs is 6. The summed E-state index contributed by atoms with van der Waals surface area (Å²) in [6.45, 7) is -0.562. The zero-order valence-corrected chi connectivity index (χ0v) is 22.5. The fourth-order valence-electron chi connectivity index (χ4n) is 5.64. The molecule has 0 N–H and O–H groups in total. The van der Waals surface area contributed by atoms with Crippen molar-refractivity contribution in [2.75, 3.05) is 0 Å². The second-order valence-electron chi connectivity index (χ2n) is 10.2. The first kappa shape index (κ1) is 26.9. The first-order chi connectivity index (χ1) is 21.3. The maximum absolute atomic E-state index is 13.4. The average molecular weight is 585 g/mol. The van der Waals surface area contributed by atoms with Gasteiger partial charge in [-0.3, -0.25) is 0 Å². The van der Waals surface area contributed by atoms with Crippen molar-refractivity contribution < 1.29 is 17.6 Å². The van der Waals surface area contributed by atoms with Gasteiger partial charge in [0.25, 0.3) is 0 Å². The standard InChI is InChI=1S/C34H16F4N6/c35-15-18-4-6-19(7-5-18)21-8-10-24-26(13-21)28(41-16-39)32-30(24)43-33-29(42-17-40)27-14-22(9-11-25(27)31(33)44-32)20-2-1-3-23(12-20)34(36,37)38/h1-14H,15H2. The minimum atomic E-state index is -4.50. The summed E-state index contributed by atoms with van der Waals surface area (Å²) in [7, 11) is 0. The lowest BCUT2D eigenvalue weighted by atomic mass is 10.0. The Kier molecular flexibility index (Phi) is 6.15. The van der Waals surface area contributed by atoms with Crippen LogP contribution in [-0.4, -0.2) is 9.97 Å². The third kappa shape index (κ3) is 4.24. The van der Waals surface area contributed by atoms with Crippen molar-refractivity contribution in [3.8, 4) is 34.6 Å². The molecule has 44 heavy (non-hydrogen) atoms. The van der Waals surface area contributed by atoms with Crippen molar-refractivity contribution in [2.24, 2.45) is 9.98 Å². The summed E-state index contributed by atoms with van der Waals surface area (Å²) in [6.07, 6.45) is -0.831. The normalized spacial score (nSPS) is 12.9. The Balaban J connectivity index is 1.49. The van der Waals surface area contributed by atoms with Crippen LogP contribution in [0.2, 0.25) is 0 Å². The van der Waals surface area contributed by atoms with Crippen LogP contribution in [0.4, 0.5) is 17.6 Å². The van der Waals surface area contributed by atoms with E-state index in [9.17, 15) is 28.1 Å². The van der Waals surface area contributed by atoms with E-state index in [1.165, 1.54) is 6.07 Å². The summed E-state index contributed by atoms with van der Waals surface area (Å²) < 4.78 is 53.1. The van der Waals surface area contributed by atoms with E-state index in [-0.39, 0.29) is 5.36 Å². The number of aromatic nitrogens is 2. The predicted molar refractivity (Wildman–Crippen MR) is 157 cm³/mol. The molecule has 210 valence electrons. The van der Waals surface area contributed by atoms with Crippen molar-refractivity contribution in [3.63, 3.8) is 0 Å². The van der Waals surface area contributed by atoms with Gasteiger partial charge in [-0.15, -0.1) is 0 Å². The van der Waals surface area contributed by atoms with Crippen molar-refractivity contribution in [1.29, 1.82) is 10.5 Å². The molecule has 0 radical (unpaired) electrons. The monoisotopic (exact) mass is 584 g/mol. The van der Waals surface area contributed by atoms with Gasteiger partial charge in [0.15, 0.2) is 0 Å². The molecule has 0 saturated carbocycles. The molecule has 7 rings (SSSR count). The van der Waals surface area contributed by atoms with Crippen LogP contribution in [0.5, 0.6) is 0 Å². The molecule has 10 heteroatoms. The zero-order chi connectivity index (χ0) is 30.6. The summed E-state index contributed by atoms with van der Waals surface area (Å²) in [5, 5.41) is 22.1. The molecule has 1 heterocycles. The van der Waals surface area contributed by atoms with E-state index in [0.29, 0.717) is 65.7 Å². The second kappa shape index (κ2) is 10.1. The largest absolute Gasteiger partial charge is 0.416 e. The molecule has 6 nitrogen and oxygen atoms in total. The van der Waals surface area contributed by atoms with Gasteiger partial charge in [0.05, 0.1) is 16.6 Å². The fourth-order valence-corrected chi connectivity index (χ4v) is 5.64. The second-order valence-corrected chi connectivity index (χ2v) is 10.2. The van der Waals surface area contributed by atoms with E-state index < -0.39 is 18.4 Å². The van der Waals surface area contributed by atoms with Crippen LogP contribution >= 0.6 is 0 Å². The average Bonchev–Trinajstić information content (AvgIpc) is 3.51. The van der Waals surface area contributed by atoms with Gasteiger partial charge in [0, 0.05) is 21.5 Å². The maximum Gasteiger partial charge on any atom is 0.416 e. The highest BCUT2D eigenvalue weighted by molar-refractivity contribution is 6.15. The summed E-state index contributed by atoms with van der Waals surface area (Å²) in [6, 6.07) is 22.7. The Morgan fingerprint density at radius 1 is 0.591 bits per heavy atom. The van der Waals surface area contributed by atoms with Gasteiger partial charge in [-0.25, -0.2) is 14.4 Å². The topological polar surface area (TPSA) is 98.1 Å². The molecular weight excluding hydrogens is 568 g/mol. The van der Waals surface area contributed by atoms with Crippen LogP contribution in [-0.2, 0) is 12.9 Å². The van der Waals surface area contributed by atoms with E-state index in [0.717, 1.165) is 23.3 Å². The number of rotatable bonds is 3. The van der Waals surface area contributed by atoms with E-state index in [1.54, 1.807) is 36.4 Å². The zero-order valence-electron chi connectivity index (χ0n) is 22.5. The van der Waals surface area contributed by atoms with Crippen LogP contribution in [0, 0.1) is 22.9 Å². The minimum absolute atomic E-state index is 0.249. The van der Waals surface area contributed by atoms with Crippen LogP contribution in [0.1, 0.15) is 11.1 Å². The fraction of sp³-hybridized carbons (Fsp3) is 0.0588. The highest BCUT2D eigenvalue weighted by atomic mass is 19.4. The number of halogens is 4. The van der Waals surface area contributed by atoms with Gasteiger partial charge in [-0.05, 0) is 52.1 Å². The Hall–Kier alpha value is -6.00. The molecule has 0 aliphatic heterocycles. The van der Waals surface area contributed by atoms with E-state index in [1.807, 2.05) is 42.7 Å². The molecule has 0 amide bonds. The third-order valence-electron chi connectivity index (χ3n) is 7.69. The smallest absolute Gasteiger partial charge is 0.246 e. The summed E-state index contributed by atoms with van der Waals surface area (Å²) in [4.78, 5) is 17.9. The lowest BCUT2D eigenvalue weighted by Crippen LogP contribution is -2.04. The molecule has 6 aromatic carbocycles. The van der Waals surface area contributed by atoms with Gasteiger partial charge in [0.2, 0.25) is 12.4 Å². The van der Waals surface area contributed by atoms with Gasteiger partial charge >= 0.3 is 6.18 Å². The number of nitriles is 2. The first-order valence-electron chi connectivity index (χ1n) is 13.3. The summed E-state index contributed by atoms with van der Waals surface area (Å²) in [5.74, 6) is 0. The van der Waals surface area contributed by atoms with Gasteiger partial charge in [-0.2, -0.15) is 33.7 Å². The molecule has 0 atom stereocenters. The predicted octanol–water partition coefficient (Wildman–Crippen LogP) is 7.55. The SMILES string of the molecule is N#CN=c1c2cc(-c3ccc(CF)cc3)ccc2c2nc3c(=NC#N)c4cc(-c5cccc(C(F)(F)F)c5)ccc4c3nc12. The first-order valence-corrected chi connectivity index (χ1v) is 13.3. The summed E-state index contributed by atoms with van der Waals surface area (Å²) in [5.41, 5.74) is 3.95. The lowest BCUT2D eigenvalue weighted by molar-refractivity contribution is -0.137. The molecule has 0 unspecified atom stereocenters.